The molecule has 0 aliphatic carbocycles. The van der Waals surface area contributed by atoms with E-state index in [0.29, 0.717) is 19.2 Å². The Balaban J connectivity index is 1.72. The van der Waals surface area contributed by atoms with Gasteiger partial charge in [-0.25, -0.2) is 17.8 Å². The molecule has 1 aromatic heterocycles. The Morgan fingerprint density at radius 2 is 1.79 bits per heavy atom. The van der Waals surface area contributed by atoms with Gasteiger partial charge in [-0.05, 0) is 42.7 Å². The second-order valence-electron chi connectivity index (χ2n) is 6.50. The number of alkyl halides is 3. The van der Waals surface area contributed by atoms with Crippen LogP contribution in [0.4, 0.5) is 23.4 Å². The number of anilines is 1. The molecule has 1 N–H and O–H groups in total. The van der Waals surface area contributed by atoms with Crippen LogP contribution < -0.4 is 5.32 Å². The van der Waals surface area contributed by atoms with Crippen molar-refractivity contribution in [1.29, 1.82) is 0 Å². The van der Waals surface area contributed by atoms with E-state index >= 15 is 0 Å². The lowest BCUT2D eigenvalue weighted by Gasteiger charge is -2.25. The summed E-state index contributed by atoms with van der Waals surface area (Å²) in [6.07, 6.45) is -0.881. The fraction of sp³-hybridized carbons (Fsp3) is 0.389. The van der Waals surface area contributed by atoms with Crippen molar-refractivity contribution in [1.82, 2.24) is 9.29 Å². The van der Waals surface area contributed by atoms with Crippen molar-refractivity contribution >= 4 is 15.8 Å². The summed E-state index contributed by atoms with van der Waals surface area (Å²) < 4.78 is 78.8. The molecular formula is C18H19F4N3O2S. The molecule has 1 saturated heterocycles. The average molecular weight is 417 g/mol. The van der Waals surface area contributed by atoms with Crippen LogP contribution in [0.25, 0.3) is 0 Å². The summed E-state index contributed by atoms with van der Waals surface area (Å²) in [6.45, 7) is 0.695. The molecule has 0 spiro atoms. The van der Waals surface area contributed by atoms with E-state index in [1.165, 1.54) is 22.6 Å². The number of sulfonamides is 1. The van der Waals surface area contributed by atoms with Crippen molar-refractivity contribution in [2.45, 2.75) is 36.9 Å². The summed E-state index contributed by atoms with van der Waals surface area (Å²) in [5, 5.41) is 2.71. The standard InChI is InChI=1S/C18H19F4N3O2S/c19-14-5-4-13(16(10-14)18(20,21)22)11-23-17-7-6-15(12-24-17)28(26,27)25-8-2-1-3-9-25/h4-7,10,12H,1-3,8-9,11H2,(H,23,24). The highest BCUT2D eigenvalue weighted by atomic mass is 32.2. The second kappa shape index (κ2) is 8.04. The predicted octanol–water partition coefficient (Wildman–Crippen LogP) is 4.03. The van der Waals surface area contributed by atoms with E-state index in [4.69, 9.17) is 0 Å². The summed E-state index contributed by atoms with van der Waals surface area (Å²) in [6, 6.07) is 5.22. The predicted molar refractivity (Wildman–Crippen MR) is 95.6 cm³/mol. The molecule has 1 aromatic carbocycles. The van der Waals surface area contributed by atoms with Crippen LogP contribution >= 0.6 is 0 Å². The number of piperidine rings is 1. The molecule has 3 rings (SSSR count). The molecule has 152 valence electrons. The largest absolute Gasteiger partial charge is 0.416 e. The van der Waals surface area contributed by atoms with Gasteiger partial charge in [-0.2, -0.15) is 17.5 Å². The van der Waals surface area contributed by atoms with Gasteiger partial charge in [-0.3, -0.25) is 0 Å². The van der Waals surface area contributed by atoms with Crippen LogP contribution in [0.2, 0.25) is 0 Å². The smallest absolute Gasteiger partial charge is 0.366 e. The van der Waals surface area contributed by atoms with Gasteiger partial charge >= 0.3 is 6.18 Å². The van der Waals surface area contributed by atoms with Crippen LogP contribution in [0.15, 0.2) is 41.4 Å². The lowest BCUT2D eigenvalue weighted by molar-refractivity contribution is -0.138. The van der Waals surface area contributed by atoms with Crippen LogP contribution in [0, 0.1) is 5.82 Å². The molecule has 5 nitrogen and oxygen atoms in total. The van der Waals surface area contributed by atoms with Gasteiger partial charge in [0.1, 0.15) is 16.5 Å². The Kier molecular flexibility index (Phi) is 5.90. The van der Waals surface area contributed by atoms with E-state index in [0.717, 1.165) is 31.4 Å². The van der Waals surface area contributed by atoms with Gasteiger partial charge < -0.3 is 5.32 Å². The van der Waals surface area contributed by atoms with Crippen molar-refractivity contribution in [3.05, 3.63) is 53.5 Å². The van der Waals surface area contributed by atoms with Gasteiger partial charge in [-0.15, -0.1) is 0 Å². The normalized spacial score (nSPS) is 16.1. The minimum Gasteiger partial charge on any atom is -0.366 e. The van der Waals surface area contributed by atoms with E-state index in [1.807, 2.05) is 0 Å². The molecule has 0 radical (unpaired) electrons. The molecule has 1 aliphatic rings. The van der Waals surface area contributed by atoms with Gasteiger partial charge in [0.25, 0.3) is 0 Å². The van der Waals surface area contributed by atoms with E-state index < -0.39 is 27.6 Å². The maximum Gasteiger partial charge on any atom is 0.416 e. The average Bonchev–Trinajstić information content (AvgIpc) is 2.67. The summed E-state index contributed by atoms with van der Waals surface area (Å²) in [5.41, 5.74) is -1.20. The van der Waals surface area contributed by atoms with Gasteiger partial charge in [-0.1, -0.05) is 12.5 Å². The third kappa shape index (κ3) is 4.61. The highest BCUT2D eigenvalue weighted by Gasteiger charge is 2.33. The Morgan fingerprint density at radius 1 is 1.07 bits per heavy atom. The molecule has 0 atom stereocenters. The maximum atomic E-state index is 13.2. The lowest BCUT2D eigenvalue weighted by Crippen LogP contribution is -2.35. The number of nitrogens with zero attached hydrogens (tertiary/aromatic N) is 2. The third-order valence-corrected chi connectivity index (χ3v) is 6.41. The summed E-state index contributed by atoms with van der Waals surface area (Å²) >= 11 is 0. The minimum atomic E-state index is -4.68. The number of pyridine rings is 1. The molecule has 0 bridgehead atoms. The zero-order valence-corrected chi connectivity index (χ0v) is 15.7. The van der Waals surface area contributed by atoms with E-state index in [2.05, 4.69) is 10.3 Å². The fourth-order valence-corrected chi connectivity index (χ4v) is 4.51. The molecule has 2 heterocycles. The Bertz CT molecular complexity index is 925. The second-order valence-corrected chi connectivity index (χ2v) is 8.43. The number of benzene rings is 1. The molecule has 0 saturated carbocycles. The Labute approximate surface area is 160 Å². The monoisotopic (exact) mass is 417 g/mol. The zero-order valence-electron chi connectivity index (χ0n) is 14.8. The molecule has 0 amide bonds. The number of rotatable bonds is 5. The maximum absolute atomic E-state index is 13.2. The lowest BCUT2D eigenvalue weighted by atomic mass is 10.1. The molecule has 1 aliphatic heterocycles. The van der Waals surface area contributed by atoms with Crippen molar-refractivity contribution in [2.24, 2.45) is 0 Å². The van der Waals surface area contributed by atoms with Gasteiger partial charge in [0.05, 0.1) is 5.56 Å². The van der Waals surface area contributed by atoms with Crippen molar-refractivity contribution < 1.29 is 26.0 Å². The first kappa shape index (κ1) is 20.5. The topological polar surface area (TPSA) is 62.3 Å². The Hall–Kier alpha value is -2.20. The van der Waals surface area contributed by atoms with E-state index in [9.17, 15) is 26.0 Å². The van der Waals surface area contributed by atoms with Gasteiger partial charge in [0.2, 0.25) is 10.0 Å². The quantitative estimate of drug-likeness (QED) is 0.747. The molecule has 1 fully saturated rings. The molecule has 28 heavy (non-hydrogen) atoms. The molecule has 2 aromatic rings. The van der Waals surface area contributed by atoms with Crippen LogP contribution in [-0.4, -0.2) is 30.8 Å². The molecular weight excluding hydrogens is 398 g/mol. The van der Waals surface area contributed by atoms with Crippen molar-refractivity contribution in [2.75, 3.05) is 18.4 Å². The highest BCUT2D eigenvalue weighted by molar-refractivity contribution is 7.89. The Morgan fingerprint density at radius 3 is 2.39 bits per heavy atom. The fourth-order valence-electron chi connectivity index (χ4n) is 3.04. The van der Waals surface area contributed by atoms with Crippen LogP contribution in [0.3, 0.4) is 0 Å². The molecule has 0 unspecified atom stereocenters. The SMILES string of the molecule is O=S(=O)(c1ccc(NCc2ccc(F)cc2C(F)(F)F)nc1)N1CCCCC1. The third-order valence-electron chi connectivity index (χ3n) is 4.53. The van der Waals surface area contributed by atoms with Crippen LogP contribution in [0.5, 0.6) is 0 Å². The van der Waals surface area contributed by atoms with E-state index in [1.54, 1.807) is 0 Å². The van der Waals surface area contributed by atoms with Crippen molar-refractivity contribution in [3.63, 3.8) is 0 Å². The van der Waals surface area contributed by atoms with Crippen molar-refractivity contribution in [3.8, 4) is 0 Å². The number of hydrogen-bond acceptors (Lipinski definition) is 4. The summed E-state index contributed by atoms with van der Waals surface area (Å²) in [5.74, 6) is -0.753. The highest BCUT2D eigenvalue weighted by Crippen LogP contribution is 2.33. The number of hydrogen-bond donors (Lipinski definition) is 1. The number of aromatic nitrogens is 1. The van der Waals surface area contributed by atoms with Crippen LogP contribution in [-0.2, 0) is 22.7 Å². The summed E-state index contributed by atoms with van der Waals surface area (Å²) in [7, 11) is -3.62. The van der Waals surface area contributed by atoms with Gasteiger partial charge in [0, 0.05) is 25.8 Å². The molecule has 10 heteroatoms. The minimum absolute atomic E-state index is 0.0395. The van der Waals surface area contributed by atoms with Gasteiger partial charge in [0.15, 0.2) is 0 Å². The number of nitrogens with one attached hydrogen (secondary N) is 1. The zero-order chi connectivity index (χ0) is 20.4. The van der Waals surface area contributed by atoms with E-state index in [-0.39, 0.29) is 22.8 Å². The first-order chi connectivity index (χ1) is 13.2. The first-order valence-electron chi connectivity index (χ1n) is 8.73. The summed E-state index contributed by atoms with van der Waals surface area (Å²) in [4.78, 5) is 4.03. The first-order valence-corrected chi connectivity index (χ1v) is 10.2. The van der Waals surface area contributed by atoms with Crippen LogP contribution in [0.1, 0.15) is 30.4 Å². The number of halogens is 4.